The number of aromatic nitrogens is 3. The van der Waals surface area contributed by atoms with Crippen LogP contribution < -0.4 is 5.73 Å². The van der Waals surface area contributed by atoms with Gasteiger partial charge < -0.3 is 5.73 Å². The molecule has 0 aliphatic heterocycles. The van der Waals surface area contributed by atoms with Crippen LogP contribution in [0.1, 0.15) is 4.88 Å². The summed E-state index contributed by atoms with van der Waals surface area (Å²) >= 11 is 1.57. The lowest BCUT2D eigenvalue weighted by Crippen LogP contribution is -1.95. The summed E-state index contributed by atoms with van der Waals surface area (Å²) < 4.78 is 1.72. The molecule has 0 unspecified atom stereocenters. The van der Waals surface area contributed by atoms with E-state index < -0.39 is 0 Å². The standard InChI is InChI=1S/C8H10N4S/c1-5-3-6(7(9)13-5)8-10-4-11-12(8)2/h3-4H,9H2,1-2H3. The Kier molecular flexibility index (Phi) is 1.81. The molecule has 2 rings (SSSR count). The fraction of sp³-hybridized carbons (Fsp3) is 0.250. The number of rotatable bonds is 1. The normalized spacial score (nSPS) is 10.6. The lowest BCUT2D eigenvalue weighted by Gasteiger charge is -1.97. The maximum absolute atomic E-state index is 5.84. The lowest BCUT2D eigenvalue weighted by atomic mass is 10.3. The smallest absolute Gasteiger partial charge is 0.160 e. The van der Waals surface area contributed by atoms with E-state index in [2.05, 4.69) is 10.1 Å². The summed E-state index contributed by atoms with van der Waals surface area (Å²) in [5.74, 6) is 0.821. The predicted octanol–water partition coefficient (Wildman–Crippen LogP) is 1.43. The van der Waals surface area contributed by atoms with Gasteiger partial charge >= 0.3 is 0 Å². The van der Waals surface area contributed by atoms with Gasteiger partial charge in [-0.15, -0.1) is 11.3 Å². The van der Waals surface area contributed by atoms with Gasteiger partial charge in [-0.1, -0.05) is 0 Å². The summed E-state index contributed by atoms with van der Waals surface area (Å²) in [7, 11) is 1.86. The van der Waals surface area contributed by atoms with Gasteiger partial charge in [0.2, 0.25) is 0 Å². The van der Waals surface area contributed by atoms with Crippen molar-refractivity contribution in [2.45, 2.75) is 6.92 Å². The summed E-state index contributed by atoms with van der Waals surface area (Å²) in [5, 5.41) is 4.80. The molecule has 0 radical (unpaired) electrons. The molecule has 2 aromatic rings. The van der Waals surface area contributed by atoms with Crippen molar-refractivity contribution in [1.82, 2.24) is 14.8 Å². The third-order valence-corrected chi connectivity index (χ3v) is 2.72. The highest BCUT2D eigenvalue weighted by Gasteiger charge is 2.10. The maximum atomic E-state index is 5.84. The minimum absolute atomic E-state index is 0.800. The van der Waals surface area contributed by atoms with Gasteiger partial charge in [-0.2, -0.15) is 5.10 Å². The van der Waals surface area contributed by atoms with Crippen LogP contribution in [0.15, 0.2) is 12.4 Å². The molecule has 68 valence electrons. The van der Waals surface area contributed by atoms with Gasteiger partial charge in [0.05, 0.1) is 10.6 Å². The third-order valence-electron chi connectivity index (χ3n) is 1.84. The second-order valence-corrected chi connectivity index (χ2v) is 4.13. The molecular weight excluding hydrogens is 184 g/mol. The summed E-state index contributed by atoms with van der Waals surface area (Å²) in [6.07, 6.45) is 1.53. The van der Waals surface area contributed by atoms with E-state index in [-0.39, 0.29) is 0 Å². The molecule has 0 fully saturated rings. The predicted molar refractivity (Wildman–Crippen MR) is 53.5 cm³/mol. The zero-order valence-electron chi connectivity index (χ0n) is 7.48. The van der Waals surface area contributed by atoms with E-state index in [0.29, 0.717) is 0 Å². The van der Waals surface area contributed by atoms with Gasteiger partial charge in [0, 0.05) is 11.9 Å². The molecule has 13 heavy (non-hydrogen) atoms. The van der Waals surface area contributed by atoms with Crippen LogP contribution in [0.25, 0.3) is 11.4 Å². The van der Waals surface area contributed by atoms with E-state index in [4.69, 9.17) is 5.73 Å². The van der Waals surface area contributed by atoms with Crippen LogP contribution in [0.4, 0.5) is 5.00 Å². The molecule has 4 nitrogen and oxygen atoms in total. The quantitative estimate of drug-likeness (QED) is 0.747. The molecule has 0 aliphatic carbocycles. The number of nitrogens with two attached hydrogens (primary N) is 1. The molecule has 0 saturated heterocycles. The van der Waals surface area contributed by atoms with E-state index >= 15 is 0 Å². The SMILES string of the molecule is Cc1cc(-c2ncnn2C)c(N)s1. The number of thiophene rings is 1. The molecule has 0 atom stereocenters. The Morgan fingerprint density at radius 3 is 2.77 bits per heavy atom. The second kappa shape index (κ2) is 2.85. The van der Waals surface area contributed by atoms with E-state index in [1.165, 1.54) is 11.2 Å². The monoisotopic (exact) mass is 194 g/mol. The first-order valence-electron chi connectivity index (χ1n) is 3.89. The van der Waals surface area contributed by atoms with E-state index in [1.54, 1.807) is 16.0 Å². The summed E-state index contributed by atoms with van der Waals surface area (Å²) in [5.41, 5.74) is 6.81. The first-order chi connectivity index (χ1) is 6.18. The van der Waals surface area contributed by atoms with E-state index in [0.717, 1.165) is 16.4 Å². The van der Waals surface area contributed by atoms with Gasteiger partial charge in [0.1, 0.15) is 6.33 Å². The number of hydrogen-bond donors (Lipinski definition) is 1. The highest BCUT2D eigenvalue weighted by Crippen LogP contribution is 2.31. The van der Waals surface area contributed by atoms with Crippen LogP contribution in [0.2, 0.25) is 0 Å². The highest BCUT2D eigenvalue weighted by molar-refractivity contribution is 7.16. The molecule has 2 heterocycles. The summed E-state index contributed by atoms with van der Waals surface area (Å²) in [6, 6.07) is 2.03. The van der Waals surface area contributed by atoms with Crippen molar-refractivity contribution in [3.8, 4) is 11.4 Å². The fourth-order valence-electron chi connectivity index (χ4n) is 1.25. The van der Waals surface area contributed by atoms with Crippen LogP contribution >= 0.6 is 11.3 Å². The number of nitrogens with zero attached hydrogens (tertiary/aromatic N) is 3. The zero-order chi connectivity index (χ0) is 9.42. The number of hydrogen-bond acceptors (Lipinski definition) is 4. The molecule has 2 N–H and O–H groups in total. The van der Waals surface area contributed by atoms with Gasteiger partial charge in [-0.3, -0.25) is 0 Å². The Bertz CT molecular complexity index is 429. The van der Waals surface area contributed by atoms with Crippen LogP contribution in [0.5, 0.6) is 0 Å². The highest BCUT2D eigenvalue weighted by atomic mass is 32.1. The van der Waals surface area contributed by atoms with E-state index in [1.807, 2.05) is 20.0 Å². The average molecular weight is 194 g/mol. The van der Waals surface area contributed by atoms with Crippen molar-refractivity contribution >= 4 is 16.3 Å². The van der Waals surface area contributed by atoms with Gasteiger partial charge in [0.25, 0.3) is 0 Å². The third kappa shape index (κ3) is 1.31. The maximum Gasteiger partial charge on any atom is 0.160 e. The summed E-state index contributed by atoms with van der Waals surface area (Å²) in [6.45, 7) is 2.03. The van der Waals surface area contributed by atoms with Crippen LogP contribution in [0.3, 0.4) is 0 Å². The van der Waals surface area contributed by atoms with Crippen molar-refractivity contribution in [3.63, 3.8) is 0 Å². The Balaban J connectivity index is 2.58. The molecule has 0 aromatic carbocycles. The number of anilines is 1. The molecule has 0 amide bonds. The minimum Gasteiger partial charge on any atom is -0.390 e. The minimum atomic E-state index is 0.800. The van der Waals surface area contributed by atoms with Crippen molar-refractivity contribution < 1.29 is 0 Å². The van der Waals surface area contributed by atoms with Gasteiger partial charge in [0.15, 0.2) is 5.82 Å². The number of nitrogen functional groups attached to an aromatic ring is 1. The molecule has 5 heteroatoms. The van der Waals surface area contributed by atoms with Crippen molar-refractivity contribution in [3.05, 3.63) is 17.3 Å². The Labute approximate surface area is 80.0 Å². The van der Waals surface area contributed by atoms with E-state index in [9.17, 15) is 0 Å². The molecule has 0 bridgehead atoms. The van der Waals surface area contributed by atoms with Crippen LogP contribution in [-0.2, 0) is 7.05 Å². The van der Waals surface area contributed by atoms with Gasteiger partial charge in [-0.25, -0.2) is 9.67 Å². The van der Waals surface area contributed by atoms with Crippen LogP contribution in [0, 0.1) is 6.92 Å². The van der Waals surface area contributed by atoms with Crippen LogP contribution in [-0.4, -0.2) is 14.8 Å². The van der Waals surface area contributed by atoms with Crippen molar-refractivity contribution in [2.75, 3.05) is 5.73 Å². The van der Waals surface area contributed by atoms with Crippen molar-refractivity contribution in [2.24, 2.45) is 7.05 Å². The largest absolute Gasteiger partial charge is 0.390 e. The molecular formula is C8H10N4S. The molecule has 0 spiro atoms. The molecule has 0 saturated carbocycles. The first kappa shape index (κ1) is 8.25. The Hall–Kier alpha value is -1.36. The topological polar surface area (TPSA) is 56.7 Å². The fourth-order valence-corrected chi connectivity index (χ4v) is 2.03. The molecule has 0 aliphatic rings. The Morgan fingerprint density at radius 1 is 1.54 bits per heavy atom. The second-order valence-electron chi connectivity index (χ2n) is 2.84. The number of aryl methyl sites for hydroxylation is 2. The lowest BCUT2D eigenvalue weighted by molar-refractivity contribution is 0.775. The molecule has 2 aromatic heterocycles. The Morgan fingerprint density at radius 2 is 2.31 bits per heavy atom. The van der Waals surface area contributed by atoms with Gasteiger partial charge in [-0.05, 0) is 13.0 Å². The first-order valence-corrected chi connectivity index (χ1v) is 4.70. The average Bonchev–Trinajstić information content (AvgIpc) is 2.58. The summed E-state index contributed by atoms with van der Waals surface area (Å²) in [4.78, 5) is 5.33. The zero-order valence-corrected chi connectivity index (χ0v) is 8.30. The van der Waals surface area contributed by atoms with Crippen molar-refractivity contribution in [1.29, 1.82) is 0 Å².